The van der Waals surface area contributed by atoms with E-state index in [2.05, 4.69) is 37.8 Å². The van der Waals surface area contributed by atoms with E-state index < -0.39 is 0 Å². The summed E-state index contributed by atoms with van der Waals surface area (Å²) in [7, 11) is 1.86. The summed E-state index contributed by atoms with van der Waals surface area (Å²) < 4.78 is 7.83. The van der Waals surface area contributed by atoms with Gasteiger partial charge in [-0.2, -0.15) is 0 Å². The number of carbonyl (C=O) groups excluding carboxylic acids is 1. The molecule has 1 N–H and O–H groups in total. The number of aromatic nitrogens is 5. The Balaban J connectivity index is 1.34. The molecule has 0 aliphatic carbocycles. The number of hydrogen-bond acceptors (Lipinski definition) is 8. The molecule has 4 aromatic rings. The highest BCUT2D eigenvalue weighted by Crippen LogP contribution is 2.26. The summed E-state index contributed by atoms with van der Waals surface area (Å²) in [6.07, 6.45) is 0.796. The second-order valence-electron chi connectivity index (χ2n) is 6.42. The minimum absolute atomic E-state index is 0.157. The van der Waals surface area contributed by atoms with Crippen molar-refractivity contribution in [3.05, 3.63) is 53.3 Å². The quantitative estimate of drug-likeness (QED) is 0.418. The lowest BCUT2D eigenvalue weighted by Crippen LogP contribution is -2.14. The Labute approximate surface area is 181 Å². The number of thioether (sulfide) groups is 1. The fraction of sp³-hybridized carbons (Fsp3) is 0.250. The molecular weight excluding hydrogens is 420 g/mol. The van der Waals surface area contributed by atoms with Gasteiger partial charge in [-0.25, -0.2) is 0 Å². The first-order chi connectivity index (χ1) is 14.6. The zero-order valence-electron chi connectivity index (χ0n) is 16.5. The largest absolute Gasteiger partial charge is 0.485 e. The molecule has 10 heteroatoms. The molecule has 0 atom stereocenters. The Bertz CT molecular complexity index is 1170. The van der Waals surface area contributed by atoms with Crippen molar-refractivity contribution in [3.8, 4) is 5.75 Å². The molecule has 154 valence electrons. The number of nitrogens with zero attached hydrogens (tertiary/aromatic N) is 5. The van der Waals surface area contributed by atoms with Gasteiger partial charge in [0.15, 0.2) is 11.0 Å². The Hall–Kier alpha value is -2.98. The van der Waals surface area contributed by atoms with Gasteiger partial charge < -0.3 is 9.30 Å². The molecule has 30 heavy (non-hydrogen) atoms. The number of ether oxygens (including phenoxy) is 1. The van der Waals surface area contributed by atoms with Gasteiger partial charge in [0.1, 0.15) is 17.4 Å². The van der Waals surface area contributed by atoms with E-state index in [0.717, 1.165) is 28.0 Å². The molecule has 0 bridgehead atoms. The molecule has 8 nitrogen and oxygen atoms in total. The number of anilines is 1. The van der Waals surface area contributed by atoms with Gasteiger partial charge in [-0.05, 0) is 17.9 Å². The summed E-state index contributed by atoms with van der Waals surface area (Å²) in [6, 6.07) is 14.0. The van der Waals surface area contributed by atoms with Crippen molar-refractivity contribution in [2.45, 2.75) is 25.1 Å². The van der Waals surface area contributed by atoms with E-state index >= 15 is 0 Å². The second-order valence-corrected chi connectivity index (χ2v) is 8.42. The van der Waals surface area contributed by atoms with Crippen molar-refractivity contribution < 1.29 is 9.53 Å². The van der Waals surface area contributed by atoms with Crippen molar-refractivity contribution in [1.29, 1.82) is 0 Å². The molecule has 0 radical (unpaired) electrons. The molecule has 0 aliphatic rings. The van der Waals surface area contributed by atoms with Crippen molar-refractivity contribution in [3.63, 3.8) is 0 Å². The molecule has 0 saturated carbocycles. The standard InChI is InChI=1S/C20H20N6O2S2/c1-3-18-23-24-19(30-18)21-17(27)12-29-20-25-22-16(26(20)2)11-28-15-10-6-8-13-7-4-5-9-14(13)15/h4-10H,3,11-12H2,1-2H3,(H,21,24,27). The molecule has 0 aliphatic heterocycles. The molecule has 2 aromatic heterocycles. The van der Waals surface area contributed by atoms with Gasteiger partial charge in [-0.3, -0.25) is 10.1 Å². The van der Waals surface area contributed by atoms with Crippen LogP contribution in [0.25, 0.3) is 10.8 Å². The summed E-state index contributed by atoms with van der Waals surface area (Å²) in [5.74, 6) is 1.53. The van der Waals surface area contributed by atoms with Gasteiger partial charge in [0.05, 0.1) is 5.75 Å². The van der Waals surface area contributed by atoms with Gasteiger partial charge in [0.2, 0.25) is 11.0 Å². The van der Waals surface area contributed by atoms with Crippen molar-refractivity contribution in [1.82, 2.24) is 25.0 Å². The number of benzene rings is 2. The zero-order chi connectivity index (χ0) is 20.9. The zero-order valence-corrected chi connectivity index (χ0v) is 18.2. The normalized spacial score (nSPS) is 11.0. The summed E-state index contributed by atoms with van der Waals surface area (Å²) in [6.45, 7) is 2.28. The van der Waals surface area contributed by atoms with Crippen LogP contribution in [0.5, 0.6) is 5.75 Å². The van der Waals surface area contributed by atoms with Crippen LogP contribution in [0.4, 0.5) is 5.13 Å². The Kier molecular flexibility index (Phi) is 6.24. The van der Waals surface area contributed by atoms with Gasteiger partial charge in [-0.15, -0.1) is 20.4 Å². The lowest BCUT2D eigenvalue weighted by Gasteiger charge is -2.09. The van der Waals surface area contributed by atoms with E-state index in [4.69, 9.17) is 4.74 Å². The first-order valence-corrected chi connectivity index (χ1v) is 11.2. The van der Waals surface area contributed by atoms with Crippen LogP contribution < -0.4 is 10.1 Å². The Morgan fingerprint density at radius 1 is 1.13 bits per heavy atom. The first-order valence-electron chi connectivity index (χ1n) is 9.38. The van der Waals surface area contributed by atoms with Crippen LogP contribution >= 0.6 is 23.1 Å². The summed E-state index contributed by atoms with van der Waals surface area (Å²) in [4.78, 5) is 12.2. The molecule has 2 aromatic carbocycles. The molecule has 1 amide bonds. The number of nitrogens with one attached hydrogen (secondary N) is 1. The molecular formula is C20H20N6O2S2. The van der Waals surface area contributed by atoms with E-state index in [1.807, 2.05) is 48.9 Å². The molecule has 4 rings (SSSR count). The number of carbonyl (C=O) groups is 1. The van der Waals surface area contributed by atoms with E-state index in [-0.39, 0.29) is 18.3 Å². The summed E-state index contributed by atoms with van der Waals surface area (Å²) >= 11 is 2.69. The average Bonchev–Trinajstić information content (AvgIpc) is 3.37. The lowest BCUT2D eigenvalue weighted by atomic mass is 10.1. The van der Waals surface area contributed by atoms with Crippen LogP contribution in [-0.4, -0.2) is 36.6 Å². The third-order valence-electron chi connectivity index (χ3n) is 4.38. The van der Waals surface area contributed by atoms with Crippen LogP contribution in [0.3, 0.4) is 0 Å². The van der Waals surface area contributed by atoms with E-state index in [0.29, 0.717) is 16.1 Å². The topological polar surface area (TPSA) is 94.8 Å². The number of rotatable bonds is 8. The second kappa shape index (κ2) is 9.23. The first kappa shape index (κ1) is 20.3. The highest BCUT2D eigenvalue weighted by Gasteiger charge is 2.14. The van der Waals surface area contributed by atoms with Gasteiger partial charge in [0.25, 0.3) is 0 Å². The predicted molar refractivity (Wildman–Crippen MR) is 118 cm³/mol. The third-order valence-corrected chi connectivity index (χ3v) is 6.38. The molecule has 0 saturated heterocycles. The summed E-state index contributed by atoms with van der Waals surface area (Å²) in [5.41, 5.74) is 0. The highest BCUT2D eigenvalue weighted by atomic mass is 32.2. The monoisotopic (exact) mass is 440 g/mol. The minimum atomic E-state index is -0.157. The van der Waals surface area contributed by atoms with Crippen molar-refractivity contribution >= 4 is 44.9 Å². The van der Waals surface area contributed by atoms with E-state index in [1.54, 1.807) is 0 Å². The third kappa shape index (κ3) is 4.60. The smallest absolute Gasteiger partial charge is 0.236 e. The predicted octanol–water partition coefficient (Wildman–Crippen LogP) is 3.69. The fourth-order valence-electron chi connectivity index (χ4n) is 2.79. The Morgan fingerprint density at radius 3 is 2.80 bits per heavy atom. The number of aryl methyl sites for hydroxylation is 1. The molecule has 0 spiro atoms. The molecule has 0 fully saturated rings. The van der Waals surface area contributed by atoms with E-state index in [9.17, 15) is 4.79 Å². The number of amides is 1. The van der Waals surface area contributed by atoms with Crippen molar-refractivity contribution in [2.75, 3.05) is 11.1 Å². The average molecular weight is 441 g/mol. The minimum Gasteiger partial charge on any atom is -0.485 e. The summed E-state index contributed by atoms with van der Waals surface area (Å²) in [5, 5.41) is 23.3. The van der Waals surface area contributed by atoms with Crippen LogP contribution in [0.15, 0.2) is 47.6 Å². The van der Waals surface area contributed by atoms with Crippen molar-refractivity contribution in [2.24, 2.45) is 7.05 Å². The Morgan fingerprint density at radius 2 is 1.97 bits per heavy atom. The molecule has 2 heterocycles. The van der Waals surface area contributed by atoms with Crippen LogP contribution in [0.1, 0.15) is 17.8 Å². The van der Waals surface area contributed by atoms with Crippen LogP contribution in [0, 0.1) is 0 Å². The molecule has 0 unspecified atom stereocenters. The van der Waals surface area contributed by atoms with Crippen LogP contribution in [0.2, 0.25) is 0 Å². The van der Waals surface area contributed by atoms with E-state index in [1.165, 1.54) is 23.1 Å². The number of fused-ring (bicyclic) bond motifs is 1. The lowest BCUT2D eigenvalue weighted by molar-refractivity contribution is -0.113. The van der Waals surface area contributed by atoms with Gasteiger partial charge in [-0.1, -0.05) is 66.4 Å². The maximum absolute atomic E-state index is 12.2. The number of hydrogen-bond donors (Lipinski definition) is 1. The SMILES string of the molecule is CCc1nnc(NC(=O)CSc2nnc(COc3cccc4ccccc34)n2C)s1. The fourth-order valence-corrected chi connectivity index (χ4v) is 4.22. The van der Waals surface area contributed by atoms with Gasteiger partial charge >= 0.3 is 0 Å². The highest BCUT2D eigenvalue weighted by molar-refractivity contribution is 7.99. The van der Waals surface area contributed by atoms with Gasteiger partial charge in [0, 0.05) is 12.4 Å². The maximum Gasteiger partial charge on any atom is 0.236 e. The maximum atomic E-state index is 12.2. The van der Waals surface area contributed by atoms with Crippen LogP contribution in [-0.2, 0) is 24.9 Å².